The topological polar surface area (TPSA) is 60.5 Å². The first-order chi connectivity index (χ1) is 11.1. The van der Waals surface area contributed by atoms with E-state index in [1.165, 1.54) is 31.3 Å². The Morgan fingerprint density at radius 2 is 2.26 bits per heavy atom. The van der Waals surface area contributed by atoms with Gasteiger partial charge in [-0.15, -0.1) is 11.3 Å². The number of ether oxygens (including phenoxy) is 2. The number of anilines is 1. The van der Waals surface area contributed by atoms with Gasteiger partial charge in [0, 0.05) is 16.9 Å². The van der Waals surface area contributed by atoms with Gasteiger partial charge in [-0.05, 0) is 31.9 Å². The molecule has 5 nitrogen and oxygen atoms in total. The fraction of sp³-hybridized carbons (Fsp3) is 0.375. The molecule has 0 aliphatic heterocycles. The number of hydrogen-bond acceptors (Lipinski definition) is 5. The summed E-state index contributed by atoms with van der Waals surface area (Å²) in [6.45, 7) is 2.32. The number of nitrogens with one attached hydrogen (secondary N) is 1. The Balaban J connectivity index is 1.79. The molecule has 0 radical (unpaired) electrons. The van der Waals surface area contributed by atoms with Gasteiger partial charge in [-0.1, -0.05) is 11.6 Å². The molecule has 23 heavy (non-hydrogen) atoms. The molecule has 2 aromatic rings. The Bertz CT molecular complexity index is 728. The first-order valence-corrected chi connectivity index (χ1v) is 8.65. The number of aromatic nitrogens is 1. The van der Waals surface area contributed by atoms with Crippen LogP contribution in [0.2, 0.25) is 5.02 Å². The molecule has 1 aliphatic carbocycles. The maximum absolute atomic E-state index is 12.4. The summed E-state index contributed by atoms with van der Waals surface area (Å²) in [5.41, 5.74) is 1.46. The van der Waals surface area contributed by atoms with Gasteiger partial charge in [0.1, 0.15) is 0 Å². The number of benzene rings is 1. The Morgan fingerprint density at radius 1 is 1.48 bits per heavy atom. The molecule has 0 spiro atoms. The molecule has 0 saturated heterocycles. The first-order valence-electron chi connectivity index (χ1n) is 7.39. The standard InChI is InChI=1S/C16H17ClN2O3S/c1-3-22-14-11(17)6-10(7-13(14)21-2)15(20)19-16-18-12(8-23-16)9-4-5-9/h6-9H,3-5H2,1-2H3,(H,18,19,20). The van der Waals surface area contributed by atoms with Crippen molar-refractivity contribution in [3.63, 3.8) is 0 Å². The third-order valence-electron chi connectivity index (χ3n) is 3.52. The minimum atomic E-state index is -0.273. The molecular formula is C16H17ClN2O3S. The van der Waals surface area contributed by atoms with Gasteiger partial charge in [0.2, 0.25) is 0 Å². The SMILES string of the molecule is CCOc1c(Cl)cc(C(=O)Nc2nc(C3CC3)cs2)cc1OC. The zero-order chi connectivity index (χ0) is 16.4. The van der Waals surface area contributed by atoms with Gasteiger partial charge in [0.25, 0.3) is 5.91 Å². The number of thiazole rings is 1. The number of methoxy groups -OCH3 is 1. The minimum absolute atomic E-state index is 0.273. The van der Waals surface area contributed by atoms with Crippen molar-refractivity contribution in [3.8, 4) is 11.5 Å². The van der Waals surface area contributed by atoms with Crippen molar-refractivity contribution in [1.82, 2.24) is 4.98 Å². The number of amides is 1. The highest BCUT2D eigenvalue weighted by molar-refractivity contribution is 7.14. The van der Waals surface area contributed by atoms with Crippen LogP contribution in [0.25, 0.3) is 0 Å². The van der Waals surface area contributed by atoms with Crippen LogP contribution in [0.4, 0.5) is 5.13 Å². The molecule has 0 bridgehead atoms. The van der Waals surface area contributed by atoms with Crippen LogP contribution >= 0.6 is 22.9 Å². The van der Waals surface area contributed by atoms with Gasteiger partial charge < -0.3 is 9.47 Å². The summed E-state index contributed by atoms with van der Waals surface area (Å²) in [7, 11) is 1.51. The van der Waals surface area contributed by atoms with Crippen LogP contribution in [0.15, 0.2) is 17.5 Å². The predicted octanol–water partition coefficient (Wildman–Crippen LogP) is 4.33. The van der Waals surface area contributed by atoms with Crippen molar-refractivity contribution in [2.75, 3.05) is 19.0 Å². The van der Waals surface area contributed by atoms with Crippen molar-refractivity contribution in [1.29, 1.82) is 0 Å². The van der Waals surface area contributed by atoms with Gasteiger partial charge in [0.15, 0.2) is 16.6 Å². The summed E-state index contributed by atoms with van der Waals surface area (Å²) >= 11 is 7.63. The summed E-state index contributed by atoms with van der Waals surface area (Å²) in [6, 6.07) is 3.18. The van der Waals surface area contributed by atoms with E-state index in [1.54, 1.807) is 12.1 Å². The number of carbonyl (C=O) groups is 1. The molecule has 1 amide bonds. The summed E-state index contributed by atoms with van der Waals surface area (Å²) in [6.07, 6.45) is 2.37. The van der Waals surface area contributed by atoms with Crippen LogP contribution in [-0.4, -0.2) is 24.6 Å². The smallest absolute Gasteiger partial charge is 0.257 e. The number of nitrogens with zero attached hydrogens (tertiary/aromatic N) is 1. The Morgan fingerprint density at radius 3 is 2.91 bits per heavy atom. The van der Waals surface area contributed by atoms with E-state index in [0.717, 1.165) is 5.69 Å². The van der Waals surface area contributed by atoms with E-state index in [9.17, 15) is 4.79 Å². The average molecular weight is 353 g/mol. The quantitative estimate of drug-likeness (QED) is 0.840. The van der Waals surface area contributed by atoms with Gasteiger partial charge in [0.05, 0.1) is 24.4 Å². The van der Waals surface area contributed by atoms with Crippen LogP contribution in [0.1, 0.15) is 41.7 Å². The molecule has 1 aliphatic rings. The van der Waals surface area contributed by atoms with E-state index >= 15 is 0 Å². The summed E-state index contributed by atoms with van der Waals surface area (Å²) < 4.78 is 10.7. The molecular weight excluding hydrogens is 336 g/mol. The Hall–Kier alpha value is -1.79. The fourth-order valence-corrected chi connectivity index (χ4v) is 3.27. The maximum Gasteiger partial charge on any atom is 0.257 e. The lowest BCUT2D eigenvalue weighted by atomic mass is 10.2. The van der Waals surface area contributed by atoms with Crippen LogP contribution in [0.3, 0.4) is 0 Å². The molecule has 1 N–H and O–H groups in total. The molecule has 1 saturated carbocycles. The molecule has 7 heteroatoms. The predicted molar refractivity (Wildman–Crippen MR) is 91.2 cm³/mol. The van der Waals surface area contributed by atoms with E-state index < -0.39 is 0 Å². The van der Waals surface area contributed by atoms with Crippen LogP contribution in [-0.2, 0) is 0 Å². The summed E-state index contributed by atoms with van der Waals surface area (Å²) in [4.78, 5) is 16.8. The summed E-state index contributed by atoms with van der Waals surface area (Å²) in [5, 5.41) is 5.74. The monoisotopic (exact) mass is 352 g/mol. The lowest BCUT2D eigenvalue weighted by Crippen LogP contribution is -2.12. The molecule has 0 unspecified atom stereocenters. The van der Waals surface area contributed by atoms with E-state index in [0.29, 0.717) is 39.7 Å². The van der Waals surface area contributed by atoms with Crippen molar-refractivity contribution in [3.05, 3.63) is 33.8 Å². The van der Waals surface area contributed by atoms with Gasteiger partial charge in [-0.3, -0.25) is 10.1 Å². The van der Waals surface area contributed by atoms with Gasteiger partial charge >= 0.3 is 0 Å². The van der Waals surface area contributed by atoms with E-state index in [1.807, 2.05) is 12.3 Å². The van der Waals surface area contributed by atoms with Crippen molar-refractivity contribution < 1.29 is 14.3 Å². The van der Waals surface area contributed by atoms with E-state index in [4.69, 9.17) is 21.1 Å². The number of rotatable bonds is 6. The highest BCUT2D eigenvalue weighted by Gasteiger charge is 2.26. The molecule has 3 rings (SSSR count). The van der Waals surface area contributed by atoms with E-state index in [-0.39, 0.29) is 5.91 Å². The molecule has 1 heterocycles. The molecule has 1 aromatic carbocycles. The second kappa shape index (κ2) is 6.76. The second-order valence-electron chi connectivity index (χ2n) is 5.23. The lowest BCUT2D eigenvalue weighted by Gasteiger charge is -2.12. The van der Waals surface area contributed by atoms with Crippen LogP contribution in [0, 0.1) is 0 Å². The lowest BCUT2D eigenvalue weighted by molar-refractivity contribution is 0.102. The van der Waals surface area contributed by atoms with Gasteiger partial charge in [-0.25, -0.2) is 4.98 Å². The zero-order valence-corrected chi connectivity index (χ0v) is 14.5. The Kier molecular flexibility index (Phi) is 4.73. The Labute approximate surface area is 143 Å². The van der Waals surface area contributed by atoms with E-state index in [2.05, 4.69) is 10.3 Å². The zero-order valence-electron chi connectivity index (χ0n) is 12.9. The van der Waals surface area contributed by atoms with Crippen LogP contribution < -0.4 is 14.8 Å². The third-order valence-corrected chi connectivity index (χ3v) is 4.58. The molecule has 122 valence electrons. The highest BCUT2D eigenvalue weighted by atomic mass is 35.5. The fourth-order valence-electron chi connectivity index (χ4n) is 2.21. The van der Waals surface area contributed by atoms with Crippen LogP contribution in [0.5, 0.6) is 11.5 Å². The molecule has 1 fully saturated rings. The summed E-state index contributed by atoms with van der Waals surface area (Å²) in [5.74, 6) is 1.17. The number of carbonyl (C=O) groups excluding carboxylic acids is 1. The second-order valence-corrected chi connectivity index (χ2v) is 6.49. The number of halogens is 1. The van der Waals surface area contributed by atoms with Crippen molar-refractivity contribution >= 4 is 34.0 Å². The maximum atomic E-state index is 12.4. The highest BCUT2D eigenvalue weighted by Crippen LogP contribution is 2.41. The average Bonchev–Trinajstić information content (AvgIpc) is 3.29. The first kappa shape index (κ1) is 16.1. The third kappa shape index (κ3) is 3.59. The minimum Gasteiger partial charge on any atom is -0.493 e. The number of hydrogen-bond donors (Lipinski definition) is 1. The molecule has 1 aromatic heterocycles. The van der Waals surface area contributed by atoms with Crippen molar-refractivity contribution in [2.45, 2.75) is 25.7 Å². The van der Waals surface area contributed by atoms with Crippen molar-refractivity contribution in [2.24, 2.45) is 0 Å². The largest absolute Gasteiger partial charge is 0.493 e. The van der Waals surface area contributed by atoms with Gasteiger partial charge in [-0.2, -0.15) is 0 Å². The normalized spacial score (nSPS) is 13.7. The molecule has 0 atom stereocenters.